The molecule has 0 unspecified atom stereocenters. The first-order valence-corrected chi connectivity index (χ1v) is 13.6. The average Bonchev–Trinajstić information content (AvgIpc) is 3.07. The van der Waals surface area contributed by atoms with Crippen molar-refractivity contribution < 1.29 is 0 Å². The number of nitrogens with zero attached hydrogens (tertiary/aromatic N) is 4. The summed E-state index contributed by atoms with van der Waals surface area (Å²) in [5, 5.41) is 23.4. The molecule has 0 N–H and O–H groups in total. The van der Waals surface area contributed by atoms with Gasteiger partial charge in [-0.25, -0.2) is 9.97 Å². The van der Waals surface area contributed by atoms with Crippen LogP contribution in [0, 0.1) is 22.7 Å². The molecule has 194 valence electrons. The quantitative estimate of drug-likeness (QED) is 0.211. The van der Waals surface area contributed by atoms with Crippen LogP contribution < -0.4 is 0 Å². The molecule has 0 aliphatic rings. The maximum Gasteiger partial charge on any atom is 0.141 e. The molecule has 2 heterocycles. The predicted octanol–water partition coefficient (Wildman–Crippen LogP) is 9.19. The molecular formula is C38H22N4. The van der Waals surface area contributed by atoms with E-state index in [-0.39, 0.29) is 0 Å². The number of benzene rings is 5. The minimum Gasteiger partial charge on any atom is -0.246 e. The molecule has 0 aliphatic carbocycles. The molecule has 0 spiro atoms. The fourth-order valence-electron chi connectivity index (χ4n) is 5.80. The minimum atomic E-state index is 0.399. The summed E-state index contributed by atoms with van der Waals surface area (Å²) >= 11 is 0. The van der Waals surface area contributed by atoms with Crippen molar-refractivity contribution in [1.29, 1.82) is 10.5 Å². The van der Waals surface area contributed by atoms with E-state index in [1.54, 1.807) is 12.4 Å². The van der Waals surface area contributed by atoms with Gasteiger partial charge in [-0.2, -0.15) is 10.5 Å². The van der Waals surface area contributed by atoms with Crippen LogP contribution >= 0.6 is 0 Å². The molecule has 0 saturated heterocycles. The van der Waals surface area contributed by atoms with E-state index in [2.05, 4.69) is 119 Å². The average molecular weight is 535 g/mol. The van der Waals surface area contributed by atoms with Gasteiger partial charge in [0.15, 0.2) is 0 Å². The number of pyridine rings is 2. The van der Waals surface area contributed by atoms with E-state index in [9.17, 15) is 10.5 Å². The van der Waals surface area contributed by atoms with Crippen LogP contribution in [0.2, 0.25) is 0 Å². The van der Waals surface area contributed by atoms with Crippen molar-refractivity contribution in [3.63, 3.8) is 0 Å². The summed E-state index contributed by atoms with van der Waals surface area (Å²) in [6, 6.07) is 45.9. The molecule has 4 heteroatoms. The monoisotopic (exact) mass is 534 g/mol. The summed E-state index contributed by atoms with van der Waals surface area (Å²) in [5.74, 6) is 0. The van der Waals surface area contributed by atoms with Gasteiger partial charge in [-0.1, -0.05) is 84.9 Å². The van der Waals surface area contributed by atoms with Gasteiger partial charge in [0, 0.05) is 12.4 Å². The Labute approximate surface area is 243 Å². The van der Waals surface area contributed by atoms with Gasteiger partial charge < -0.3 is 0 Å². The van der Waals surface area contributed by atoms with Gasteiger partial charge >= 0.3 is 0 Å². The SMILES string of the molecule is N#Cc1cc(-c2cccc(-c3c4ccccc4c(-c4cccc(-c5ccnc(C#N)c5)c4)c4ccccc34)c2)ccn1. The van der Waals surface area contributed by atoms with Crippen molar-refractivity contribution in [2.75, 3.05) is 0 Å². The molecule has 42 heavy (non-hydrogen) atoms. The Bertz CT molecular complexity index is 2020. The Balaban J connectivity index is 1.47. The zero-order chi connectivity index (χ0) is 28.5. The standard InChI is InChI=1S/C38H22N4/c39-23-31-21-27(15-17-41-31)25-7-5-9-29(19-25)37-33-11-1-2-12-34(33)38(36-14-4-3-13-35(36)37)30-10-6-8-26(20-30)28-16-18-42-32(22-28)24-40/h1-22H. The predicted molar refractivity (Wildman–Crippen MR) is 168 cm³/mol. The molecule has 7 aromatic rings. The lowest BCUT2D eigenvalue weighted by Gasteiger charge is -2.18. The van der Waals surface area contributed by atoms with Crippen molar-refractivity contribution in [3.8, 4) is 56.6 Å². The molecule has 0 fully saturated rings. The minimum absolute atomic E-state index is 0.399. The highest BCUT2D eigenvalue weighted by atomic mass is 14.7. The molecule has 5 aromatic carbocycles. The molecule has 0 bridgehead atoms. The first kappa shape index (κ1) is 24.9. The van der Waals surface area contributed by atoms with E-state index >= 15 is 0 Å². The van der Waals surface area contributed by atoms with E-state index in [0.717, 1.165) is 54.9 Å². The number of rotatable bonds is 4. The lowest BCUT2D eigenvalue weighted by molar-refractivity contribution is 1.26. The van der Waals surface area contributed by atoms with E-state index in [1.807, 2.05) is 24.3 Å². The summed E-state index contributed by atoms with van der Waals surface area (Å²) in [6.07, 6.45) is 3.36. The van der Waals surface area contributed by atoms with Crippen molar-refractivity contribution in [2.24, 2.45) is 0 Å². The van der Waals surface area contributed by atoms with Gasteiger partial charge in [0.1, 0.15) is 23.5 Å². The summed E-state index contributed by atoms with van der Waals surface area (Å²) in [7, 11) is 0. The largest absolute Gasteiger partial charge is 0.246 e. The fraction of sp³-hybridized carbons (Fsp3) is 0. The van der Waals surface area contributed by atoms with Crippen molar-refractivity contribution in [2.45, 2.75) is 0 Å². The summed E-state index contributed by atoms with van der Waals surface area (Å²) in [5.41, 5.74) is 9.34. The number of aromatic nitrogens is 2. The second-order valence-electron chi connectivity index (χ2n) is 10.1. The molecule has 0 saturated carbocycles. The van der Waals surface area contributed by atoms with Gasteiger partial charge in [-0.05, 0) is 102 Å². The third-order valence-electron chi connectivity index (χ3n) is 7.65. The topological polar surface area (TPSA) is 73.4 Å². The highest BCUT2D eigenvalue weighted by Crippen LogP contribution is 2.44. The van der Waals surface area contributed by atoms with Crippen LogP contribution in [0.25, 0.3) is 66.1 Å². The zero-order valence-electron chi connectivity index (χ0n) is 22.5. The van der Waals surface area contributed by atoms with Crippen LogP contribution in [0.3, 0.4) is 0 Å². The van der Waals surface area contributed by atoms with Crippen molar-refractivity contribution >= 4 is 21.5 Å². The highest BCUT2D eigenvalue weighted by Gasteiger charge is 2.17. The molecule has 0 amide bonds. The smallest absolute Gasteiger partial charge is 0.141 e. The molecule has 4 nitrogen and oxygen atoms in total. The first-order chi connectivity index (χ1) is 20.7. The number of nitriles is 2. The lowest BCUT2D eigenvalue weighted by Crippen LogP contribution is -1.92. The van der Waals surface area contributed by atoms with Gasteiger partial charge in [-0.15, -0.1) is 0 Å². The van der Waals surface area contributed by atoms with E-state index in [0.29, 0.717) is 11.4 Å². The van der Waals surface area contributed by atoms with Gasteiger partial charge in [-0.3, -0.25) is 0 Å². The summed E-state index contributed by atoms with van der Waals surface area (Å²) in [4.78, 5) is 8.28. The zero-order valence-corrected chi connectivity index (χ0v) is 22.5. The number of hydrogen-bond donors (Lipinski definition) is 0. The highest BCUT2D eigenvalue weighted by molar-refractivity contribution is 6.21. The molecule has 0 radical (unpaired) electrons. The molecule has 0 atom stereocenters. The van der Waals surface area contributed by atoms with E-state index in [4.69, 9.17) is 0 Å². The van der Waals surface area contributed by atoms with Gasteiger partial charge in [0.25, 0.3) is 0 Å². The lowest BCUT2D eigenvalue weighted by atomic mass is 9.85. The van der Waals surface area contributed by atoms with Crippen LogP contribution in [0.5, 0.6) is 0 Å². The molecule has 2 aromatic heterocycles. The second kappa shape index (κ2) is 10.5. The molecular weight excluding hydrogens is 512 g/mol. The Kier molecular flexibility index (Phi) is 6.21. The Hall–Kier alpha value is -6.10. The van der Waals surface area contributed by atoms with Crippen LogP contribution in [-0.2, 0) is 0 Å². The van der Waals surface area contributed by atoms with Crippen LogP contribution in [0.1, 0.15) is 11.4 Å². The van der Waals surface area contributed by atoms with Crippen LogP contribution in [0.15, 0.2) is 134 Å². The Morgan fingerprint density at radius 2 is 0.738 bits per heavy atom. The second-order valence-corrected chi connectivity index (χ2v) is 10.1. The van der Waals surface area contributed by atoms with Crippen molar-refractivity contribution in [3.05, 3.63) is 145 Å². The molecule has 0 aliphatic heterocycles. The van der Waals surface area contributed by atoms with Gasteiger partial charge in [0.2, 0.25) is 0 Å². The summed E-state index contributed by atoms with van der Waals surface area (Å²) < 4.78 is 0. The molecule has 7 rings (SSSR count). The maximum absolute atomic E-state index is 9.38. The van der Waals surface area contributed by atoms with Gasteiger partial charge in [0.05, 0.1) is 0 Å². The maximum atomic E-state index is 9.38. The van der Waals surface area contributed by atoms with E-state index in [1.165, 1.54) is 11.1 Å². The Morgan fingerprint density at radius 3 is 1.12 bits per heavy atom. The fourth-order valence-corrected chi connectivity index (χ4v) is 5.80. The third-order valence-corrected chi connectivity index (χ3v) is 7.65. The Morgan fingerprint density at radius 1 is 0.381 bits per heavy atom. The van der Waals surface area contributed by atoms with E-state index < -0.39 is 0 Å². The third kappa shape index (κ3) is 4.34. The normalized spacial score (nSPS) is 10.8. The van der Waals surface area contributed by atoms with Crippen LogP contribution in [-0.4, -0.2) is 9.97 Å². The summed E-state index contributed by atoms with van der Waals surface area (Å²) in [6.45, 7) is 0. The first-order valence-electron chi connectivity index (χ1n) is 13.6. The van der Waals surface area contributed by atoms with Crippen molar-refractivity contribution in [1.82, 2.24) is 9.97 Å². The number of hydrogen-bond acceptors (Lipinski definition) is 4. The van der Waals surface area contributed by atoms with Crippen LogP contribution in [0.4, 0.5) is 0 Å². The number of fused-ring (bicyclic) bond motifs is 2.